The first-order valence-corrected chi connectivity index (χ1v) is 9.27. The van der Waals surface area contributed by atoms with Gasteiger partial charge in [-0.3, -0.25) is 9.59 Å². The normalized spacial score (nSPS) is 12.5. The van der Waals surface area contributed by atoms with E-state index in [1.165, 1.54) is 0 Å². The van der Waals surface area contributed by atoms with E-state index in [1.807, 2.05) is 49.4 Å². The average Bonchev–Trinajstić information content (AvgIpc) is 2.62. The van der Waals surface area contributed by atoms with Crippen LogP contribution in [0, 0.1) is 6.92 Å². The molecule has 2 nitrogen and oxygen atoms in total. The third kappa shape index (κ3) is 1.53. The van der Waals surface area contributed by atoms with Crippen LogP contribution in [0.5, 0.6) is 0 Å². The Morgan fingerprint density at radius 1 is 0.654 bits per heavy atom. The Morgan fingerprint density at radius 3 is 1.81 bits per heavy atom. The molecule has 0 N–H and O–H groups in total. The van der Waals surface area contributed by atoms with Crippen LogP contribution in [0.15, 0.2) is 62.6 Å². The topological polar surface area (TPSA) is 34.1 Å². The second-order valence-corrected chi connectivity index (χ2v) is 8.01. The lowest BCUT2D eigenvalue weighted by Crippen LogP contribution is -2.13. The highest BCUT2D eigenvalue weighted by Gasteiger charge is 2.25. The summed E-state index contributed by atoms with van der Waals surface area (Å²) in [5, 5.41) is 6.57. The molecule has 0 saturated heterocycles. The Labute approximate surface area is 156 Å². The van der Waals surface area contributed by atoms with Gasteiger partial charge < -0.3 is 0 Å². The van der Waals surface area contributed by atoms with Crippen molar-refractivity contribution in [1.29, 1.82) is 0 Å². The second kappa shape index (κ2) is 4.49. The molecule has 0 unspecified atom stereocenters. The molecule has 0 heterocycles. The summed E-state index contributed by atoms with van der Waals surface area (Å²) in [5.41, 5.74) is 2.98. The van der Waals surface area contributed by atoms with Crippen LogP contribution in [0.25, 0.3) is 54.2 Å². The lowest BCUT2D eigenvalue weighted by molar-refractivity contribution is 1.51. The number of hydrogen-bond donors (Lipinski definition) is 0. The highest BCUT2D eigenvalue weighted by atomic mass is 79.9. The second-order valence-electron chi connectivity index (χ2n) is 7.10. The van der Waals surface area contributed by atoms with Crippen LogP contribution < -0.4 is 10.9 Å². The molecule has 0 atom stereocenters. The first kappa shape index (κ1) is 14.4. The van der Waals surface area contributed by atoms with Gasteiger partial charge in [-0.25, -0.2) is 0 Å². The van der Waals surface area contributed by atoms with Crippen molar-refractivity contribution in [1.82, 2.24) is 0 Å². The molecule has 0 fully saturated rings. The van der Waals surface area contributed by atoms with Gasteiger partial charge in [0.15, 0.2) is 10.9 Å². The zero-order chi connectivity index (χ0) is 17.7. The fourth-order valence-corrected chi connectivity index (χ4v) is 5.07. The largest absolute Gasteiger partial charge is 0.289 e. The maximum Gasteiger partial charge on any atom is 0.194 e. The first-order chi connectivity index (χ1) is 12.5. The summed E-state index contributed by atoms with van der Waals surface area (Å²) < 4.78 is 0.871. The van der Waals surface area contributed by atoms with E-state index in [0.29, 0.717) is 21.5 Å². The summed E-state index contributed by atoms with van der Waals surface area (Å²) in [7, 11) is 0. The van der Waals surface area contributed by atoms with Gasteiger partial charge in [-0.05, 0) is 53.6 Å². The minimum absolute atomic E-state index is 0.0266. The van der Waals surface area contributed by atoms with Crippen LogP contribution in [0.2, 0.25) is 0 Å². The lowest BCUT2D eigenvalue weighted by atomic mass is 9.81. The van der Waals surface area contributed by atoms with Gasteiger partial charge >= 0.3 is 0 Å². The molecular formula is C23H11BrO2. The quantitative estimate of drug-likeness (QED) is 0.249. The standard InChI is InChI=1S/C23H11BrO2/c1-10-6-11-2-4-15-20-18(11)16(7-10)22(25)14-5-3-12-8-13(24)9-17(23(15)26)19(12)21(14)20/h2-9H,1H3. The highest BCUT2D eigenvalue weighted by molar-refractivity contribution is 9.10. The summed E-state index contributed by atoms with van der Waals surface area (Å²) >= 11 is 3.51. The summed E-state index contributed by atoms with van der Waals surface area (Å²) in [6.07, 6.45) is 0. The zero-order valence-electron chi connectivity index (χ0n) is 13.8. The molecule has 26 heavy (non-hydrogen) atoms. The fourth-order valence-electron chi connectivity index (χ4n) is 4.59. The minimum Gasteiger partial charge on any atom is -0.289 e. The maximum absolute atomic E-state index is 13.3. The predicted molar refractivity (Wildman–Crippen MR) is 112 cm³/mol. The van der Waals surface area contributed by atoms with Gasteiger partial charge in [0.25, 0.3) is 0 Å². The molecule has 0 aliphatic heterocycles. The summed E-state index contributed by atoms with van der Waals surface area (Å²) in [5.74, 6) is 0. The van der Waals surface area contributed by atoms with E-state index in [4.69, 9.17) is 0 Å². The van der Waals surface area contributed by atoms with Gasteiger partial charge in [-0.15, -0.1) is 0 Å². The zero-order valence-corrected chi connectivity index (χ0v) is 15.4. The van der Waals surface area contributed by atoms with Crippen molar-refractivity contribution in [2.45, 2.75) is 6.92 Å². The summed E-state index contributed by atoms with van der Waals surface area (Å²) in [6, 6.07) is 15.6. The first-order valence-electron chi connectivity index (χ1n) is 8.48. The highest BCUT2D eigenvalue weighted by Crippen LogP contribution is 2.45. The van der Waals surface area contributed by atoms with Gasteiger partial charge in [-0.2, -0.15) is 0 Å². The molecule has 0 radical (unpaired) electrons. The molecule has 2 aliphatic rings. The monoisotopic (exact) mass is 398 g/mol. The maximum atomic E-state index is 13.3. The van der Waals surface area contributed by atoms with Gasteiger partial charge in [0.1, 0.15) is 0 Å². The lowest BCUT2D eigenvalue weighted by Gasteiger charge is -2.21. The summed E-state index contributed by atoms with van der Waals surface area (Å²) in [4.78, 5) is 26.5. The molecule has 0 bridgehead atoms. The van der Waals surface area contributed by atoms with Gasteiger partial charge in [0.05, 0.1) is 0 Å². The molecule has 0 saturated carbocycles. The third-order valence-corrected chi connectivity index (χ3v) is 6.03. The minimum atomic E-state index is 0.0266. The van der Waals surface area contributed by atoms with Crippen LogP contribution in [0.1, 0.15) is 5.56 Å². The van der Waals surface area contributed by atoms with Crippen LogP contribution >= 0.6 is 15.9 Å². The Balaban J connectivity index is 2.14. The van der Waals surface area contributed by atoms with Crippen molar-refractivity contribution in [2.75, 3.05) is 0 Å². The Hall–Kier alpha value is -2.78. The van der Waals surface area contributed by atoms with Crippen molar-refractivity contribution in [2.24, 2.45) is 0 Å². The predicted octanol–water partition coefficient (Wildman–Crippen LogP) is 5.51. The summed E-state index contributed by atoms with van der Waals surface area (Å²) in [6.45, 7) is 2.00. The number of aryl methyl sites for hydroxylation is 1. The van der Waals surface area contributed by atoms with Crippen molar-refractivity contribution < 1.29 is 0 Å². The van der Waals surface area contributed by atoms with Gasteiger partial charge in [-0.1, -0.05) is 34.1 Å². The molecular weight excluding hydrogens is 388 g/mol. The molecule has 4 aromatic carbocycles. The Bertz CT molecular complexity index is 1460. The van der Waals surface area contributed by atoms with Crippen LogP contribution in [-0.2, 0) is 0 Å². The number of halogens is 1. The molecule has 2 aliphatic carbocycles. The molecule has 3 heteroatoms. The third-order valence-electron chi connectivity index (χ3n) is 5.57. The van der Waals surface area contributed by atoms with E-state index in [-0.39, 0.29) is 10.9 Å². The Morgan fingerprint density at radius 2 is 1.19 bits per heavy atom. The van der Waals surface area contributed by atoms with E-state index >= 15 is 0 Å². The van der Waals surface area contributed by atoms with Crippen molar-refractivity contribution >= 4 is 59.0 Å². The molecule has 122 valence electrons. The van der Waals surface area contributed by atoms with E-state index in [2.05, 4.69) is 22.0 Å². The van der Waals surface area contributed by atoms with Crippen molar-refractivity contribution in [3.8, 4) is 11.1 Å². The van der Waals surface area contributed by atoms with Crippen molar-refractivity contribution in [3.63, 3.8) is 0 Å². The van der Waals surface area contributed by atoms with Crippen LogP contribution in [-0.4, -0.2) is 0 Å². The van der Waals surface area contributed by atoms with E-state index < -0.39 is 0 Å². The van der Waals surface area contributed by atoms with E-state index in [1.54, 1.807) is 0 Å². The molecule has 0 amide bonds. The fraction of sp³-hybridized carbons (Fsp3) is 0.0435. The van der Waals surface area contributed by atoms with Crippen LogP contribution in [0.4, 0.5) is 0 Å². The average molecular weight is 399 g/mol. The van der Waals surface area contributed by atoms with Gasteiger partial charge in [0.2, 0.25) is 0 Å². The number of hydrogen-bond acceptors (Lipinski definition) is 2. The van der Waals surface area contributed by atoms with Crippen molar-refractivity contribution in [3.05, 3.63) is 79.0 Å². The number of rotatable bonds is 0. The van der Waals surface area contributed by atoms with Gasteiger partial charge in [0, 0.05) is 47.9 Å². The van der Waals surface area contributed by atoms with Crippen LogP contribution in [0.3, 0.4) is 0 Å². The molecule has 0 aromatic heterocycles. The molecule has 0 spiro atoms. The van der Waals surface area contributed by atoms with E-state index in [9.17, 15) is 9.59 Å². The van der Waals surface area contributed by atoms with E-state index in [0.717, 1.165) is 42.7 Å². The Kier molecular flexibility index (Phi) is 2.48. The smallest absolute Gasteiger partial charge is 0.194 e. The SMILES string of the molecule is Cc1cc2ccc3c4c2c(c1)c(=O)c1ccc2cc(Br)cc(c3=O)c2c1-4. The number of benzene rings is 6. The molecule has 6 rings (SSSR count). The molecule has 4 aromatic rings.